The first-order valence-corrected chi connectivity index (χ1v) is 9.49. The van der Waals surface area contributed by atoms with Gasteiger partial charge in [0.1, 0.15) is 6.61 Å². The van der Waals surface area contributed by atoms with Gasteiger partial charge in [0.05, 0.1) is 23.9 Å². The second-order valence-electron chi connectivity index (χ2n) is 8.88. The van der Waals surface area contributed by atoms with Gasteiger partial charge in [0.15, 0.2) is 0 Å². The highest BCUT2D eigenvalue weighted by Crippen LogP contribution is 2.33. The molecular weight excluding hydrogens is 320 g/mol. The molecule has 0 aromatic carbocycles. The van der Waals surface area contributed by atoms with Crippen molar-refractivity contribution in [3.63, 3.8) is 0 Å². The van der Waals surface area contributed by atoms with E-state index in [1.54, 1.807) is 14.1 Å². The first-order chi connectivity index (χ1) is 11.6. The average Bonchev–Trinajstić information content (AvgIpc) is 2.48. The van der Waals surface area contributed by atoms with Crippen molar-refractivity contribution in [1.82, 2.24) is 9.80 Å². The Morgan fingerprint density at radius 1 is 1.32 bits per heavy atom. The molecule has 1 N–H and O–H groups in total. The van der Waals surface area contributed by atoms with E-state index in [0.29, 0.717) is 13.2 Å². The van der Waals surface area contributed by atoms with Crippen molar-refractivity contribution in [2.24, 2.45) is 5.92 Å². The molecular formula is C19H36N2O4. The van der Waals surface area contributed by atoms with E-state index >= 15 is 0 Å². The number of hydrogen-bond donors (Lipinski definition) is 1. The standard InChI is InChI=1S/C19H36N2O4/c1-15-6-8-19(23,9-7-15)14-21-10-16(25-18(2,3)13-21)11-24-12-17(22)20(4)5/h15-16,23H,6-14H2,1-5H3/t15?,16-,19?/m0/s1. The number of morpholine rings is 1. The van der Waals surface area contributed by atoms with Crippen LogP contribution < -0.4 is 0 Å². The lowest BCUT2D eigenvalue weighted by Crippen LogP contribution is -2.58. The Balaban J connectivity index is 1.86. The number of β-amino-alcohol motifs (C(OH)–C–C–N with tert-alkyl or cyclic N) is 1. The van der Waals surface area contributed by atoms with Gasteiger partial charge in [-0.05, 0) is 45.4 Å². The van der Waals surface area contributed by atoms with Gasteiger partial charge in [-0.3, -0.25) is 9.69 Å². The number of ether oxygens (including phenoxy) is 2. The molecule has 1 atom stereocenters. The maximum atomic E-state index is 11.6. The molecule has 1 heterocycles. The van der Waals surface area contributed by atoms with E-state index < -0.39 is 5.60 Å². The third kappa shape index (κ3) is 6.51. The van der Waals surface area contributed by atoms with E-state index in [-0.39, 0.29) is 24.2 Å². The lowest BCUT2D eigenvalue weighted by molar-refractivity contribution is -0.169. The Labute approximate surface area is 152 Å². The van der Waals surface area contributed by atoms with Crippen LogP contribution in [0.5, 0.6) is 0 Å². The summed E-state index contributed by atoms with van der Waals surface area (Å²) in [4.78, 5) is 15.5. The molecule has 0 aromatic heterocycles. The maximum absolute atomic E-state index is 11.6. The quantitative estimate of drug-likeness (QED) is 0.782. The van der Waals surface area contributed by atoms with Crippen LogP contribution >= 0.6 is 0 Å². The molecule has 1 saturated carbocycles. The van der Waals surface area contributed by atoms with E-state index in [2.05, 4.69) is 25.7 Å². The molecule has 0 unspecified atom stereocenters. The SMILES string of the molecule is CC1CCC(O)(CN2C[C@@H](COCC(=O)N(C)C)OC(C)(C)C2)CC1. The Bertz CT molecular complexity index is 445. The topological polar surface area (TPSA) is 62.2 Å². The van der Waals surface area contributed by atoms with Gasteiger partial charge in [0, 0.05) is 33.7 Å². The average molecular weight is 357 g/mol. The Morgan fingerprint density at radius 3 is 2.56 bits per heavy atom. The van der Waals surface area contributed by atoms with Crippen LogP contribution in [-0.2, 0) is 14.3 Å². The summed E-state index contributed by atoms with van der Waals surface area (Å²) >= 11 is 0. The van der Waals surface area contributed by atoms with E-state index in [1.165, 1.54) is 4.90 Å². The van der Waals surface area contributed by atoms with Crippen molar-refractivity contribution in [3.05, 3.63) is 0 Å². The van der Waals surface area contributed by atoms with Gasteiger partial charge >= 0.3 is 0 Å². The summed E-state index contributed by atoms with van der Waals surface area (Å²) in [6.45, 7) is 9.12. The molecule has 0 aromatic rings. The fraction of sp³-hybridized carbons (Fsp3) is 0.947. The minimum atomic E-state index is -0.577. The Hall–Kier alpha value is -0.690. The summed E-state index contributed by atoms with van der Waals surface area (Å²) in [6, 6.07) is 0. The van der Waals surface area contributed by atoms with Gasteiger partial charge in [-0.15, -0.1) is 0 Å². The number of carbonyl (C=O) groups excluding carboxylic acids is 1. The first kappa shape index (κ1) is 20.6. The molecule has 6 nitrogen and oxygen atoms in total. The number of carbonyl (C=O) groups is 1. The molecule has 2 fully saturated rings. The van der Waals surface area contributed by atoms with Gasteiger partial charge in [-0.25, -0.2) is 0 Å². The number of rotatable bonds is 6. The number of nitrogens with zero attached hydrogens (tertiary/aromatic N) is 2. The molecule has 1 saturated heterocycles. The maximum Gasteiger partial charge on any atom is 0.248 e. The molecule has 1 aliphatic heterocycles. The van der Waals surface area contributed by atoms with Gasteiger partial charge in [0.25, 0.3) is 0 Å². The van der Waals surface area contributed by atoms with Crippen molar-refractivity contribution in [3.8, 4) is 0 Å². The zero-order chi connectivity index (χ0) is 18.7. The highest BCUT2D eigenvalue weighted by atomic mass is 16.6. The van der Waals surface area contributed by atoms with Crippen LogP contribution in [0.25, 0.3) is 0 Å². The summed E-state index contributed by atoms with van der Waals surface area (Å²) in [7, 11) is 3.44. The summed E-state index contributed by atoms with van der Waals surface area (Å²) in [6.07, 6.45) is 3.88. The summed E-state index contributed by atoms with van der Waals surface area (Å²) in [5.41, 5.74) is -0.859. The van der Waals surface area contributed by atoms with E-state index in [9.17, 15) is 9.90 Å². The predicted octanol–water partition coefficient (Wildman–Crippen LogP) is 1.51. The molecule has 25 heavy (non-hydrogen) atoms. The molecule has 0 radical (unpaired) electrons. The summed E-state index contributed by atoms with van der Waals surface area (Å²) < 4.78 is 11.7. The highest BCUT2D eigenvalue weighted by molar-refractivity contribution is 5.76. The molecule has 2 rings (SSSR count). The van der Waals surface area contributed by atoms with E-state index in [0.717, 1.165) is 44.7 Å². The normalized spacial score (nSPS) is 33.2. The monoisotopic (exact) mass is 356 g/mol. The van der Waals surface area contributed by atoms with Crippen molar-refractivity contribution < 1.29 is 19.4 Å². The van der Waals surface area contributed by atoms with E-state index in [4.69, 9.17) is 9.47 Å². The zero-order valence-electron chi connectivity index (χ0n) is 16.6. The van der Waals surface area contributed by atoms with Gasteiger partial charge in [-0.2, -0.15) is 0 Å². The highest BCUT2D eigenvalue weighted by Gasteiger charge is 2.39. The number of aliphatic hydroxyl groups is 1. The lowest BCUT2D eigenvalue weighted by Gasteiger charge is -2.46. The van der Waals surface area contributed by atoms with Crippen molar-refractivity contribution in [1.29, 1.82) is 0 Å². The second kappa shape index (κ2) is 8.33. The minimum Gasteiger partial charge on any atom is -0.389 e. The van der Waals surface area contributed by atoms with Crippen molar-refractivity contribution in [2.75, 3.05) is 46.9 Å². The lowest BCUT2D eigenvalue weighted by atomic mass is 9.79. The van der Waals surface area contributed by atoms with Crippen LogP contribution in [0.15, 0.2) is 0 Å². The summed E-state index contributed by atoms with van der Waals surface area (Å²) in [5.74, 6) is 0.675. The van der Waals surface area contributed by atoms with Crippen LogP contribution in [0.4, 0.5) is 0 Å². The largest absolute Gasteiger partial charge is 0.389 e. The zero-order valence-corrected chi connectivity index (χ0v) is 16.6. The number of amides is 1. The fourth-order valence-corrected chi connectivity index (χ4v) is 3.90. The van der Waals surface area contributed by atoms with Crippen molar-refractivity contribution in [2.45, 2.75) is 63.8 Å². The molecule has 6 heteroatoms. The Morgan fingerprint density at radius 2 is 1.96 bits per heavy atom. The van der Waals surface area contributed by atoms with Gasteiger partial charge < -0.3 is 19.5 Å². The third-order valence-electron chi connectivity index (χ3n) is 5.30. The predicted molar refractivity (Wildman–Crippen MR) is 97.5 cm³/mol. The van der Waals surface area contributed by atoms with Gasteiger partial charge in [0.2, 0.25) is 5.91 Å². The molecule has 0 bridgehead atoms. The Kier molecular flexibility index (Phi) is 6.87. The summed E-state index contributed by atoms with van der Waals surface area (Å²) in [5, 5.41) is 10.9. The molecule has 0 spiro atoms. The molecule has 146 valence electrons. The van der Waals surface area contributed by atoms with Crippen LogP contribution in [-0.4, -0.2) is 85.1 Å². The van der Waals surface area contributed by atoms with Crippen LogP contribution in [0.3, 0.4) is 0 Å². The first-order valence-electron chi connectivity index (χ1n) is 9.49. The third-order valence-corrected chi connectivity index (χ3v) is 5.30. The molecule has 2 aliphatic rings. The van der Waals surface area contributed by atoms with Crippen LogP contribution in [0.1, 0.15) is 46.5 Å². The minimum absolute atomic E-state index is 0.0439. The smallest absolute Gasteiger partial charge is 0.248 e. The molecule has 1 aliphatic carbocycles. The van der Waals surface area contributed by atoms with E-state index in [1.807, 2.05) is 0 Å². The van der Waals surface area contributed by atoms with Gasteiger partial charge in [-0.1, -0.05) is 6.92 Å². The van der Waals surface area contributed by atoms with Crippen molar-refractivity contribution >= 4 is 5.91 Å². The van der Waals surface area contributed by atoms with Crippen LogP contribution in [0.2, 0.25) is 0 Å². The number of likely N-dealkylation sites (N-methyl/N-ethyl adjacent to an activating group) is 1. The second-order valence-corrected chi connectivity index (χ2v) is 8.88. The number of hydrogen-bond acceptors (Lipinski definition) is 5. The molecule has 1 amide bonds. The fourth-order valence-electron chi connectivity index (χ4n) is 3.90. The van der Waals surface area contributed by atoms with Crippen LogP contribution in [0, 0.1) is 5.92 Å².